The lowest BCUT2D eigenvalue weighted by atomic mass is 10.1. The van der Waals surface area contributed by atoms with Crippen molar-refractivity contribution in [1.29, 1.82) is 0 Å². The van der Waals surface area contributed by atoms with Crippen LogP contribution in [-0.4, -0.2) is 54.6 Å². The van der Waals surface area contributed by atoms with Gasteiger partial charge in [0.25, 0.3) is 7.44 Å². The molecule has 2 atom stereocenters. The van der Waals surface area contributed by atoms with Crippen molar-refractivity contribution in [3.63, 3.8) is 0 Å². The predicted molar refractivity (Wildman–Crippen MR) is 147 cm³/mol. The number of rotatable bonds is 11. The van der Waals surface area contributed by atoms with Crippen LogP contribution in [-0.2, 0) is 25.4 Å². The summed E-state index contributed by atoms with van der Waals surface area (Å²) in [4.78, 5) is 25.3. The van der Waals surface area contributed by atoms with E-state index >= 15 is 0 Å². The van der Waals surface area contributed by atoms with E-state index in [1.54, 1.807) is 62.9 Å². The van der Waals surface area contributed by atoms with Crippen molar-refractivity contribution in [3.8, 4) is 0 Å². The Morgan fingerprint density at radius 2 is 1.89 bits per heavy atom. The minimum atomic E-state index is -3.64. The van der Waals surface area contributed by atoms with Crippen LogP contribution in [0.4, 0.5) is 5.82 Å². The molecular weight excluding hydrogens is 537 g/mol. The van der Waals surface area contributed by atoms with Crippen LogP contribution < -0.4 is 15.9 Å². The van der Waals surface area contributed by atoms with Gasteiger partial charge in [-0.1, -0.05) is 36.0 Å². The molecule has 11 nitrogen and oxygen atoms in total. The highest BCUT2D eigenvalue weighted by atomic mass is 35.5. The second-order valence-electron chi connectivity index (χ2n) is 9.31. The number of nitrogens with two attached hydrogens (primary N) is 1. The molecule has 0 amide bonds. The maximum Gasteiger partial charge on any atom is 0.326 e. The number of hydrogen-bond acceptors (Lipinski definition) is 9. The van der Waals surface area contributed by atoms with Gasteiger partial charge in [-0.15, -0.1) is 0 Å². The van der Waals surface area contributed by atoms with E-state index in [9.17, 15) is 9.36 Å². The molecule has 0 spiro atoms. The molecule has 14 heteroatoms. The molecule has 1 unspecified atom stereocenters. The molecule has 0 saturated heterocycles. The largest absolute Gasteiger partial charge is 0.462 e. The summed E-state index contributed by atoms with van der Waals surface area (Å²) in [5, 5.41) is 6.35. The van der Waals surface area contributed by atoms with Gasteiger partial charge in [0.1, 0.15) is 28.7 Å². The SMILES string of the molecule is CC(C)OC(=O)C(C)(C)NP(=O)(CO[C@H](C)Cn1cnc2c(N)ncnc21)NC(=S)c1ccc(Cl)cc1. The number of carbonyl (C=O) groups is 1. The van der Waals surface area contributed by atoms with E-state index in [0.29, 0.717) is 28.3 Å². The minimum Gasteiger partial charge on any atom is -0.462 e. The van der Waals surface area contributed by atoms with Gasteiger partial charge in [-0.2, -0.15) is 0 Å². The van der Waals surface area contributed by atoms with E-state index in [1.807, 2.05) is 6.92 Å². The maximum atomic E-state index is 14.1. The number of fused-ring (bicyclic) bond motifs is 1. The molecular formula is C23H31ClN7O4PS. The van der Waals surface area contributed by atoms with Crippen molar-refractivity contribution in [1.82, 2.24) is 29.7 Å². The van der Waals surface area contributed by atoms with Crippen LogP contribution in [0.25, 0.3) is 11.2 Å². The fraction of sp³-hybridized carbons (Fsp3) is 0.435. The first-order chi connectivity index (χ1) is 17.3. The molecule has 0 aliphatic rings. The smallest absolute Gasteiger partial charge is 0.326 e. The van der Waals surface area contributed by atoms with E-state index < -0.39 is 25.1 Å². The number of carbonyl (C=O) groups excluding carboxylic acids is 1. The van der Waals surface area contributed by atoms with Crippen molar-refractivity contribution >= 4 is 59.2 Å². The maximum absolute atomic E-state index is 14.1. The first-order valence-corrected chi connectivity index (χ1v) is 14.2. The van der Waals surface area contributed by atoms with E-state index in [-0.39, 0.29) is 23.3 Å². The first-order valence-electron chi connectivity index (χ1n) is 11.5. The van der Waals surface area contributed by atoms with Crippen molar-refractivity contribution in [2.75, 3.05) is 12.1 Å². The quantitative estimate of drug-likeness (QED) is 0.176. The minimum absolute atomic E-state index is 0.213. The van der Waals surface area contributed by atoms with Gasteiger partial charge in [-0.3, -0.25) is 9.36 Å². The summed E-state index contributed by atoms with van der Waals surface area (Å²) in [7, 11) is -3.64. The Balaban J connectivity index is 1.77. The molecule has 0 saturated carbocycles. The molecule has 0 fully saturated rings. The highest BCUT2D eigenvalue weighted by molar-refractivity contribution is 7.81. The molecule has 2 aromatic heterocycles. The molecule has 2 heterocycles. The lowest BCUT2D eigenvalue weighted by Crippen LogP contribution is -2.49. The number of aromatic nitrogens is 4. The number of imidazole rings is 1. The number of anilines is 1. The van der Waals surface area contributed by atoms with Gasteiger partial charge in [-0.25, -0.2) is 20.0 Å². The molecule has 0 radical (unpaired) electrons. The van der Waals surface area contributed by atoms with Crippen LogP contribution in [0.15, 0.2) is 36.9 Å². The van der Waals surface area contributed by atoms with Gasteiger partial charge in [0.05, 0.1) is 25.1 Å². The van der Waals surface area contributed by atoms with E-state index in [0.717, 1.165) is 0 Å². The van der Waals surface area contributed by atoms with Gasteiger partial charge in [-0.05, 0) is 46.8 Å². The molecule has 37 heavy (non-hydrogen) atoms. The van der Waals surface area contributed by atoms with Gasteiger partial charge in [0.2, 0.25) is 0 Å². The van der Waals surface area contributed by atoms with Crippen LogP contribution in [0.5, 0.6) is 0 Å². The van der Waals surface area contributed by atoms with Crippen molar-refractivity contribution in [3.05, 3.63) is 47.5 Å². The molecule has 0 bridgehead atoms. The monoisotopic (exact) mass is 567 g/mol. The Morgan fingerprint density at radius 3 is 2.54 bits per heavy atom. The first kappa shape index (κ1) is 28.9. The van der Waals surface area contributed by atoms with Crippen LogP contribution in [0.2, 0.25) is 5.02 Å². The summed E-state index contributed by atoms with van der Waals surface area (Å²) in [5.74, 6) is -0.279. The predicted octanol–water partition coefficient (Wildman–Crippen LogP) is 3.90. The van der Waals surface area contributed by atoms with Crippen molar-refractivity contribution in [2.24, 2.45) is 0 Å². The number of ether oxygens (including phenoxy) is 2. The topological polar surface area (TPSA) is 146 Å². The Morgan fingerprint density at radius 1 is 1.22 bits per heavy atom. The Kier molecular flexibility index (Phi) is 9.25. The summed E-state index contributed by atoms with van der Waals surface area (Å²) in [5.41, 5.74) is 6.22. The second kappa shape index (κ2) is 11.8. The average Bonchev–Trinajstić information content (AvgIpc) is 3.21. The second-order valence-corrected chi connectivity index (χ2v) is 12.3. The molecule has 0 aliphatic carbocycles. The fourth-order valence-electron chi connectivity index (χ4n) is 3.38. The number of nitrogens with one attached hydrogen (secondary N) is 2. The van der Waals surface area contributed by atoms with Crippen molar-refractivity contribution in [2.45, 2.75) is 58.9 Å². The number of esters is 1. The van der Waals surface area contributed by atoms with E-state index in [1.165, 1.54) is 6.33 Å². The zero-order valence-electron chi connectivity index (χ0n) is 21.3. The van der Waals surface area contributed by atoms with Gasteiger partial charge in [0, 0.05) is 10.6 Å². The van der Waals surface area contributed by atoms with Gasteiger partial charge >= 0.3 is 5.97 Å². The summed E-state index contributed by atoms with van der Waals surface area (Å²) >= 11 is 11.5. The number of hydrogen-bond donors (Lipinski definition) is 3. The molecule has 4 N–H and O–H groups in total. The third-order valence-electron chi connectivity index (χ3n) is 5.13. The lowest BCUT2D eigenvalue weighted by Gasteiger charge is -2.32. The lowest BCUT2D eigenvalue weighted by molar-refractivity contribution is -0.153. The molecule has 1 aromatic carbocycles. The van der Waals surface area contributed by atoms with Crippen LogP contribution in [0, 0.1) is 0 Å². The third kappa shape index (κ3) is 7.68. The number of thiocarbonyl (C=S) groups is 1. The summed E-state index contributed by atoms with van der Waals surface area (Å²) in [6.07, 6.45) is 1.92. The van der Waals surface area contributed by atoms with Crippen LogP contribution in [0.1, 0.15) is 40.2 Å². The zero-order chi connectivity index (χ0) is 27.4. The highest BCUT2D eigenvalue weighted by Crippen LogP contribution is 2.40. The standard InChI is InChI=1S/C23H31ClN7O4PS/c1-14(2)35-22(32)23(4,5)30-36(33,29-21(37)16-6-8-17(24)9-7-16)13-34-15(3)10-31-12-28-18-19(25)26-11-27-20(18)31/h6-9,11-12,14-15H,10,13H2,1-5H3,(H2,25,26,27)(H2,29,30,33,37)/t15-,36?/m1/s1. The van der Waals surface area contributed by atoms with Gasteiger partial charge in [0.15, 0.2) is 11.5 Å². The Bertz CT molecular complexity index is 1320. The average molecular weight is 568 g/mol. The molecule has 200 valence electrons. The summed E-state index contributed by atoms with van der Waals surface area (Å²) < 4.78 is 27.2. The third-order valence-corrected chi connectivity index (χ3v) is 7.88. The van der Waals surface area contributed by atoms with E-state index in [4.69, 9.17) is 39.0 Å². The Hall–Kier alpha value is -2.63. The molecule has 3 rings (SSSR count). The molecule has 0 aliphatic heterocycles. The highest BCUT2D eigenvalue weighted by Gasteiger charge is 2.38. The van der Waals surface area contributed by atoms with E-state index in [2.05, 4.69) is 25.1 Å². The number of benzene rings is 1. The summed E-state index contributed by atoms with van der Waals surface area (Å²) in [6.45, 7) is 8.82. The fourth-order valence-corrected chi connectivity index (χ4v) is 6.18. The number of nitrogens with zero attached hydrogens (tertiary/aromatic N) is 4. The summed E-state index contributed by atoms with van der Waals surface area (Å²) in [6, 6.07) is 6.78. The zero-order valence-corrected chi connectivity index (χ0v) is 23.7. The number of halogens is 1. The Labute approximate surface area is 226 Å². The van der Waals surface area contributed by atoms with Crippen molar-refractivity contribution < 1.29 is 18.8 Å². The normalized spacial score (nSPS) is 14.4. The van der Waals surface area contributed by atoms with Crippen LogP contribution in [0.3, 0.4) is 0 Å². The van der Waals surface area contributed by atoms with Gasteiger partial charge < -0.3 is 24.9 Å². The number of nitrogen functional groups attached to an aromatic ring is 1. The molecule has 3 aromatic rings. The van der Waals surface area contributed by atoms with Crippen LogP contribution >= 0.6 is 31.3 Å².